The molecule has 0 aliphatic heterocycles. The number of hydrogen-bond donors (Lipinski definition) is 1. The maximum atomic E-state index is 14.1. The first-order valence-electron chi connectivity index (χ1n) is 8.85. The highest BCUT2D eigenvalue weighted by atomic mass is 32.2. The molecule has 0 amide bonds. The van der Waals surface area contributed by atoms with Crippen LogP contribution in [0.15, 0.2) is 77.0 Å². The van der Waals surface area contributed by atoms with Gasteiger partial charge in [0, 0.05) is 22.0 Å². The summed E-state index contributed by atoms with van der Waals surface area (Å²) in [6.07, 6.45) is 4.90. The SMILES string of the molecule is O=C(O)c1ccc(-c2cnc3ncc(Sc4ccc5ncccc5c4)n3n2)cc1F. The highest BCUT2D eigenvalue weighted by Crippen LogP contribution is 2.30. The maximum Gasteiger partial charge on any atom is 0.338 e. The van der Waals surface area contributed by atoms with Gasteiger partial charge in [0.25, 0.3) is 5.78 Å². The zero-order chi connectivity index (χ0) is 20.7. The van der Waals surface area contributed by atoms with E-state index in [0.717, 1.165) is 26.9 Å². The highest BCUT2D eigenvalue weighted by Gasteiger charge is 2.14. The van der Waals surface area contributed by atoms with Crippen LogP contribution in [0.3, 0.4) is 0 Å². The van der Waals surface area contributed by atoms with E-state index in [1.54, 1.807) is 16.9 Å². The van der Waals surface area contributed by atoms with Crippen LogP contribution in [0.2, 0.25) is 0 Å². The van der Waals surface area contributed by atoms with Gasteiger partial charge < -0.3 is 5.11 Å². The number of carboxylic acid groups (broad SMARTS) is 1. The Morgan fingerprint density at radius 2 is 1.90 bits per heavy atom. The molecule has 1 N–H and O–H groups in total. The van der Waals surface area contributed by atoms with Gasteiger partial charge in [0.1, 0.15) is 16.5 Å². The van der Waals surface area contributed by atoms with Crippen molar-refractivity contribution in [2.45, 2.75) is 9.92 Å². The number of nitrogens with zero attached hydrogens (tertiary/aromatic N) is 5. The Bertz CT molecular complexity index is 1440. The first kappa shape index (κ1) is 18.2. The Hall–Kier alpha value is -3.85. The van der Waals surface area contributed by atoms with Crippen molar-refractivity contribution in [2.75, 3.05) is 0 Å². The van der Waals surface area contributed by atoms with Crippen molar-refractivity contribution in [1.82, 2.24) is 24.6 Å². The number of aromatic nitrogens is 5. The van der Waals surface area contributed by atoms with Gasteiger partial charge in [0.2, 0.25) is 0 Å². The quantitative estimate of drug-likeness (QED) is 0.465. The van der Waals surface area contributed by atoms with Crippen molar-refractivity contribution in [1.29, 1.82) is 0 Å². The van der Waals surface area contributed by atoms with Gasteiger partial charge in [-0.3, -0.25) is 4.98 Å². The van der Waals surface area contributed by atoms with Crippen LogP contribution in [0.25, 0.3) is 27.9 Å². The van der Waals surface area contributed by atoms with E-state index in [4.69, 9.17) is 5.11 Å². The van der Waals surface area contributed by atoms with Crippen molar-refractivity contribution in [3.05, 3.63) is 78.5 Å². The average Bonchev–Trinajstić information content (AvgIpc) is 3.15. The summed E-state index contributed by atoms with van der Waals surface area (Å²) in [7, 11) is 0. The van der Waals surface area contributed by atoms with E-state index in [2.05, 4.69) is 20.1 Å². The number of carboxylic acids is 1. The minimum atomic E-state index is -1.32. The molecule has 0 saturated heterocycles. The second-order valence-corrected chi connectivity index (χ2v) is 7.51. The number of benzene rings is 2. The molecule has 3 aromatic heterocycles. The van der Waals surface area contributed by atoms with Crippen LogP contribution in [0, 0.1) is 5.82 Å². The maximum absolute atomic E-state index is 14.1. The Kier molecular flexibility index (Phi) is 4.36. The van der Waals surface area contributed by atoms with Crippen LogP contribution < -0.4 is 0 Å². The van der Waals surface area contributed by atoms with Crippen LogP contribution in [-0.4, -0.2) is 35.6 Å². The van der Waals surface area contributed by atoms with E-state index < -0.39 is 17.3 Å². The van der Waals surface area contributed by atoms with E-state index in [9.17, 15) is 9.18 Å². The molecule has 2 aromatic carbocycles. The molecule has 0 spiro atoms. The van der Waals surface area contributed by atoms with E-state index in [1.165, 1.54) is 30.1 Å². The van der Waals surface area contributed by atoms with Gasteiger partial charge in [-0.2, -0.15) is 9.61 Å². The Labute approximate surface area is 173 Å². The molecule has 0 radical (unpaired) electrons. The minimum Gasteiger partial charge on any atom is -0.478 e. The second kappa shape index (κ2) is 7.20. The Balaban J connectivity index is 1.52. The fourth-order valence-electron chi connectivity index (χ4n) is 3.04. The summed E-state index contributed by atoms with van der Waals surface area (Å²) in [5.74, 6) is -1.74. The monoisotopic (exact) mass is 417 g/mol. The van der Waals surface area contributed by atoms with E-state index in [1.807, 2.05) is 30.3 Å². The van der Waals surface area contributed by atoms with E-state index >= 15 is 0 Å². The molecule has 146 valence electrons. The number of fused-ring (bicyclic) bond motifs is 2. The molecule has 7 nitrogen and oxygen atoms in total. The number of halogens is 1. The molecular weight excluding hydrogens is 405 g/mol. The van der Waals surface area contributed by atoms with Crippen molar-refractivity contribution < 1.29 is 14.3 Å². The van der Waals surface area contributed by atoms with Gasteiger partial charge in [-0.15, -0.1) is 0 Å². The summed E-state index contributed by atoms with van der Waals surface area (Å²) in [6, 6.07) is 13.7. The molecule has 3 heterocycles. The number of rotatable bonds is 4. The Morgan fingerprint density at radius 3 is 2.73 bits per heavy atom. The minimum absolute atomic E-state index is 0.391. The third-order valence-corrected chi connectivity index (χ3v) is 5.47. The lowest BCUT2D eigenvalue weighted by atomic mass is 10.1. The number of hydrogen-bond acceptors (Lipinski definition) is 6. The van der Waals surface area contributed by atoms with Crippen LogP contribution >= 0.6 is 11.8 Å². The molecule has 0 unspecified atom stereocenters. The van der Waals surface area contributed by atoms with E-state index in [-0.39, 0.29) is 0 Å². The molecule has 0 fully saturated rings. The number of pyridine rings is 1. The summed E-state index contributed by atoms with van der Waals surface area (Å²) in [5.41, 5.74) is 1.35. The van der Waals surface area contributed by atoms with Gasteiger partial charge in [-0.25, -0.2) is 19.2 Å². The lowest BCUT2D eigenvalue weighted by Crippen LogP contribution is -2.02. The smallest absolute Gasteiger partial charge is 0.338 e. The first-order valence-corrected chi connectivity index (χ1v) is 9.67. The molecule has 30 heavy (non-hydrogen) atoms. The second-order valence-electron chi connectivity index (χ2n) is 6.41. The van der Waals surface area contributed by atoms with Crippen molar-refractivity contribution in [2.24, 2.45) is 0 Å². The molecule has 0 aliphatic rings. The van der Waals surface area contributed by atoms with Crippen LogP contribution in [-0.2, 0) is 0 Å². The fourth-order valence-corrected chi connectivity index (χ4v) is 3.92. The molecule has 5 rings (SSSR count). The normalized spacial score (nSPS) is 11.2. The zero-order valence-electron chi connectivity index (χ0n) is 15.2. The number of aromatic carboxylic acids is 1. The van der Waals surface area contributed by atoms with Crippen molar-refractivity contribution in [3.63, 3.8) is 0 Å². The average molecular weight is 417 g/mol. The molecule has 0 bridgehead atoms. The number of imidazole rings is 1. The number of carbonyl (C=O) groups is 1. The third kappa shape index (κ3) is 3.25. The summed E-state index contributed by atoms with van der Waals surface area (Å²) < 4.78 is 15.7. The summed E-state index contributed by atoms with van der Waals surface area (Å²) in [6.45, 7) is 0. The highest BCUT2D eigenvalue weighted by molar-refractivity contribution is 7.99. The molecule has 0 saturated carbocycles. The largest absolute Gasteiger partial charge is 0.478 e. The summed E-state index contributed by atoms with van der Waals surface area (Å²) >= 11 is 1.47. The lowest BCUT2D eigenvalue weighted by molar-refractivity contribution is 0.0692. The van der Waals surface area contributed by atoms with Crippen LogP contribution in [0.5, 0.6) is 0 Å². The molecule has 5 aromatic rings. The zero-order valence-corrected chi connectivity index (χ0v) is 16.0. The molecule has 0 atom stereocenters. The van der Waals surface area contributed by atoms with Gasteiger partial charge >= 0.3 is 5.97 Å². The predicted octanol–water partition coefficient (Wildman–Crippen LogP) is 4.33. The van der Waals surface area contributed by atoms with Gasteiger partial charge in [0.05, 0.1) is 23.5 Å². The lowest BCUT2D eigenvalue weighted by Gasteiger charge is -2.06. The van der Waals surface area contributed by atoms with Crippen LogP contribution in [0.4, 0.5) is 4.39 Å². The van der Waals surface area contributed by atoms with Gasteiger partial charge in [-0.1, -0.05) is 23.9 Å². The molecule has 0 aliphatic carbocycles. The van der Waals surface area contributed by atoms with E-state index in [0.29, 0.717) is 17.0 Å². The van der Waals surface area contributed by atoms with Gasteiger partial charge in [0.15, 0.2) is 0 Å². The van der Waals surface area contributed by atoms with Crippen LogP contribution in [0.1, 0.15) is 10.4 Å². The van der Waals surface area contributed by atoms with Crippen molar-refractivity contribution >= 4 is 34.4 Å². The van der Waals surface area contributed by atoms with Gasteiger partial charge in [-0.05, 0) is 36.4 Å². The topological polar surface area (TPSA) is 93.3 Å². The standard InChI is InChI=1S/C21H12FN5O2S/c22-16-9-13(3-5-15(16)20(28)29)18-10-24-21-25-11-19(27(21)26-18)30-14-4-6-17-12(8-14)2-1-7-23-17/h1-11H,(H,28,29). The Morgan fingerprint density at radius 1 is 1.03 bits per heavy atom. The predicted molar refractivity (Wildman–Crippen MR) is 109 cm³/mol. The molecular formula is C21H12FN5O2S. The third-order valence-electron chi connectivity index (χ3n) is 4.49. The summed E-state index contributed by atoms with van der Waals surface area (Å²) in [4.78, 5) is 24.9. The fraction of sp³-hybridized carbons (Fsp3) is 0. The van der Waals surface area contributed by atoms with Crippen molar-refractivity contribution in [3.8, 4) is 11.3 Å². The first-order chi connectivity index (χ1) is 14.6. The summed E-state index contributed by atoms with van der Waals surface area (Å²) in [5, 5.41) is 15.3. The molecule has 9 heteroatoms.